The summed E-state index contributed by atoms with van der Waals surface area (Å²) in [6, 6.07) is 9.18. The van der Waals surface area contributed by atoms with Gasteiger partial charge in [-0.1, -0.05) is 18.2 Å². The lowest BCUT2D eigenvalue weighted by Gasteiger charge is -2.10. The highest BCUT2D eigenvalue weighted by Gasteiger charge is 2.11. The Hall–Kier alpha value is -1.96. The highest BCUT2D eigenvalue weighted by atomic mass is 16.3. The van der Waals surface area contributed by atoms with Gasteiger partial charge in [0.1, 0.15) is 11.5 Å². The standard InChI is InChI=1S/C15H16O2/c1-9-6-13(16)15(14(17)7-9)12-5-4-10(2)11(3)8-12/h4-8,16-17H,1-3H3. The van der Waals surface area contributed by atoms with Crippen molar-refractivity contribution in [3.63, 3.8) is 0 Å². The van der Waals surface area contributed by atoms with E-state index in [0.29, 0.717) is 5.56 Å². The monoisotopic (exact) mass is 228 g/mol. The molecule has 0 aromatic heterocycles. The molecule has 0 atom stereocenters. The molecular weight excluding hydrogens is 212 g/mol. The van der Waals surface area contributed by atoms with Gasteiger partial charge in [0.15, 0.2) is 0 Å². The van der Waals surface area contributed by atoms with Crippen molar-refractivity contribution in [1.82, 2.24) is 0 Å². The van der Waals surface area contributed by atoms with Crippen LogP contribution in [0.5, 0.6) is 11.5 Å². The number of aryl methyl sites for hydroxylation is 3. The number of hydrogen-bond acceptors (Lipinski definition) is 2. The molecule has 2 aromatic carbocycles. The van der Waals surface area contributed by atoms with Crippen LogP contribution in [0.25, 0.3) is 11.1 Å². The summed E-state index contributed by atoms with van der Waals surface area (Å²) >= 11 is 0. The SMILES string of the molecule is Cc1cc(O)c(-c2ccc(C)c(C)c2)c(O)c1. The van der Waals surface area contributed by atoms with Gasteiger partial charge in [-0.3, -0.25) is 0 Å². The van der Waals surface area contributed by atoms with Crippen LogP contribution < -0.4 is 0 Å². The zero-order chi connectivity index (χ0) is 12.6. The highest BCUT2D eigenvalue weighted by molar-refractivity contribution is 5.77. The molecule has 0 spiro atoms. The van der Waals surface area contributed by atoms with Gasteiger partial charge in [0.25, 0.3) is 0 Å². The van der Waals surface area contributed by atoms with Crippen LogP contribution >= 0.6 is 0 Å². The van der Waals surface area contributed by atoms with Crippen molar-refractivity contribution in [3.05, 3.63) is 47.0 Å². The zero-order valence-corrected chi connectivity index (χ0v) is 10.3. The van der Waals surface area contributed by atoms with Crippen LogP contribution in [0.3, 0.4) is 0 Å². The van der Waals surface area contributed by atoms with E-state index in [4.69, 9.17) is 0 Å². The van der Waals surface area contributed by atoms with E-state index in [9.17, 15) is 10.2 Å². The van der Waals surface area contributed by atoms with Crippen LogP contribution in [0.15, 0.2) is 30.3 Å². The Kier molecular flexibility index (Phi) is 2.80. The molecule has 0 amide bonds. The summed E-state index contributed by atoms with van der Waals surface area (Å²) in [5, 5.41) is 19.9. The minimum atomic E-state index is 0.116. The van der Waals surface area contributed by atoms with Gasteiger partial charge in [-0.05, 0) is 55.2 Å². The molecule has 2 heteroatoms. The molecule has 88 valence electrons. The van der Waals surface area contributed by atoms with Gasteiger partial charge in [-0.25, -0.2) is 0 Å². The first-order valence-electron chi connectivity index (χ1n) is 5.59. The average molecular weight is 228 g/mol. The predicted octanol–water partition coefficient (Wildman–Crippen LogP) is 3.69. The van der Waals surface area contributed by atoms with Crippen molar-refractivity contribution in [2.75, 3.05) is 0 Å². The molecule has 0 aliphatic heterocycles. The molecule has 0 radical (unpaired) electrons. The predicted molar refractivity (Wildman–Crippen MR) is 69.4 cm³/mol. The topological polar surface area (TPSA) is 40.5 Å². The molecule has 0 bridgehead atoms. The van der Waals surface area contributed by atoms with Gasteiger partial charge in [0.05, 0.1) is 5.56 Å². The summed E-state index contributed by atoms with van der Waals surface area (Å²) < 4.78 is 0. The van der Waals surface area contributed by atoms with Gasteiger partial charge in [0.2, 0.25) is 0 Å². The molecule has 0 aliphatic carbocycles. The van der Waals surface area contributed by atoms with Gasteiger partial charge >= 0.3 is 0 Å². The maximum atomic E-state index is 9.93. The van der Waals surface area contributed by atoms with Gasteiger partial charge in [-0.15, -0.1) is 0 Å². The van der Waals surface area contributed by atoms with Crippen molar-refractivity contribution < 1.29 is 10.2 Å². The Bertz CT molecular complexity index is 548. The quantitative estimate of drug-likeness (QED) is 0.781. The smallest absolute Gasteiger partial charge is 0.127 e. The first-order valence-corrected chi connectivity index (χ1v) is 5.59. The first-order chi connectivity index (χ1) is 7.99. The van der Waals surface area contributed by atoms with Crippen LogP contribution in [0.4, 0.5) is 0 Å². The average Bonchev–Trinajstić information content (AvgIpc) is 2.21. The summed E-state index contributed by atoms with van der Waals surface area (Å²) in [6.07, 6.45) is 0. The summed E-state index contributed by atoms with van der Waals surface area (Å²) in [7, 11) is 0. The minimum Gasteiger partial charge on any atom is -0.507 e. The Morgan fingerprint density at radius 1 is 0.765 bits per heavy atom. The second kappa shape index (κ2) is 4.13. The number of phenols is 2. The minimum absolute atomic E-state index is 0.116. The molecule has 0 saturated carbocycles. The molecule has 0 aliphatic rings. The van der Waals surface area contributed by atoms with Crippen molar-refractivity contribution in [2.24, 2.45) is 0 Å². The molecule has 2 rings (SSSR count). The molecule has 2 nitrogen and oxygen atoms in total. The number of phenolic OH excluding ortho intramolecular Hbond substituents is 2. The molecular formula is C15H16O2. The van der Waals surface area contributed by atoms with E-state index in [1.807, 2.05) is 39.0 Å². The molecule has 17 heavy (non-hydrogen) atoms. The molecule has 2 aromatic rings. The first kappa shape index (κ1) is 11.5. The number of aromatic hydroxyl groups is 2. The van der Waals surface area contributed by atoms with Crippen molar-refractivity contribution in [1.29, 1.82) is 0 Å². The third-order valence-corrected chi connectivity index (χ3v) is 3.04. The number of rotatable bonds is 1. The Morgan fingerprint density at radius 3 is 1.88 bits per heavy atom. The maximum absolute atomic E-state index is 9.93. The van der Waals surface area contributed by atoms with E-state index in [-0.39, 0.29) is 11.5 Å². The normalized spacial score (nSPS) is 10.5. The van der Waals surface area contributed by atoms with Gasteiger partial charge < -0.3 is 10.2 Å². The van der Waals surface area contributed by atoms with Crippen molar-refractivity contribution >= 4 is 0 Å². The Morgan fingerprint density at radius 2 is 1.35 bits per heavy atom. The Balaban J connectivity index is 2.64. The third kappa shape index (κ3) is 2.11. The molecule has 0 saturated heterocycles. The van der Waals surface area contributed by atoms with Gasteiger partial charge in [0, 0.05) is 0 Å². The van der Waals surface area contributed by atoms with E-state index in [0.717, 1.165) is 16.7 Å². The molecule has 2 N–H and O–H groups in total. The van der Waals surface area contributed by atoms with Crippen molar-refractivity contribution in [2.45, 2.75) is 20.8 Å². The Labute approximate surface area is 101 Å². The largest absolute Gasteiger partial charge is 0.507 e. The maximum Gasteiger partial charge on any atom is 0.127 e. The van der Waals surface area contributed by atoms with E-state index in [2.05, 4.69) is 0 Å². The zero-order valence-electron chi connectivity index (χ0n) is 10.3. The van der Waals surface area contributed by atoms with Crippen molar-refractivity contribution in [3.8, 4) is 22.6 Å². The third-order valence-electron chi connectivity index (χ3n) is 3.04. The summed E-state index contributed by atoms with van der Waals surface area (Å²) in [4.78, 5) is 0. The van der Waals surface area contributed by atoms with E-state index in [1.54, 1.807) is 12.1 Å². The molecule has 0 fully saturated rings. The van der Waals surface area contributed by atoms with Crippen LogP contribution in [0, 0.1) is 20.8 Å². The summed E-state index contributed by atoms with van der Waals surface area (Å²) in [6.45, 7) is 5.89. The van der Waals surface area contributed by atoms with Crippen LogP contribution in [0.2, 0.25) is 0 Å². The fourth-order valence-corrected chi connectivity index (χ4v) is 1.94. The van der Waals surface area contributed by atoms with E-state index in [1.165, 1.54) is 5.56 Å². The molecule has 0 unspecified atom stereocenters. The second-order valence-electron chi connectivity index (χ2n) is 4.48. The highest BCUT2D eigenvalue weighted by Crippen LogP contribution is 2.38. The van der Waals surface area contributed by atoms with E-state index >= 15 is 0 Å². The van der Waals surface area contributed by atoms with Crippen LogP contribution in [-0.2, 0) is 0 Å². The number of hydrogen-bond donors (Lipinski definition) is 2. The van der Waals surface area contributed by atoms with Crippen LogP contribution in [0.1, 0.15) is 16.7 Å². The fraction of sp³-hybridized carbons (Fsp3) is 0.200. The summed E-state index contributed by atoms with van der Waals surface area (Å²) in [5.74, 6) is 0.233. The lowest BCUT2D eigenvalue weighted by Crippen LogP contribution is -1.86. The number of benzene rings is 2. The second-order valence-corrected chi connectivity index (χ2v) is 4.48. The lowest BCUT2D eigenvalue weighted by atomic mass is 9.98. The molecule has 0 heterocycles. The lowest BCUT2D eigenvalue weighted by molar-refractivity contribution is 0.453. The van der Waals surface area contributed by atoms with E-state index < -0.39 is 0 Å². The van der Waals surface area contributed by atoms with Crippen LogP contribution in [-0.4, -0.2) is 10.2 Å². The van der Waals surface area contributed by atoms with Gasteiger partial charge in [-0.2, -0.15) is 0 Å². The summed E-state index contributed by atoms with van der Waals surface area (Å²) in [5.41, 5.74) is 4.51. The fourth-order valence-electron chi connectivity index (χ4n) is 1.94.